The van der Waals surface area contributed by atoms with E-state index >= 15 is 0 Å². The molecule has 0 saturated carbocycles. The molecule has 0 aromatic heterocycles. The van der Waals surface area contributed by atoms with Crippen molar-refractivity contribution in [1.29, 1.82) is 0 Å². The highest BCUT2D eigenvalue weighted by Gasteiger charge is 2.26. The van der Waals surface area contributed by atoms with Crippen LogP contribution in [0.2, 0.25) is 0 Å². The van der Waals surface area contributed by atoms with Crippen LogP contribution in [0.4, 0.5) is 0 Å². The van der Waals surface area contributed by atoms with Gasteiger partial charge in [0.15, 0.2) is 17.3 Å². The molecule has 0 amide bonds. The summed E-state index contributed by atoms with van der Waals surface area (Å²) in [5, 5.41) is 0. The summed E-state index contributed by atoms with van der Waals surface area (Å²) in [5.74, 6) is 1.31. The molecule has 2 rings (SSSR count). The van der Waals surface area contributed by atoms with E-state index in [1.54, 1.807) is 13.2 Å². The van der Waals surface area contributed by atoms with Crippen molar-refractivity contribution < 1.29 is 19.0 Å². The van der Waals surface area contributed by atoms with Gasteiger partial charge in [-0.3, -0.25) is 4.79 Å². The molecule has 0 spiro atoms. The number of benzene rings is 2. The molecule has 4 nitrogen and oxygen atoms in total. The Bertz CT molecular complexity index is 791. The van der Waals surface area contributed by atoms with E-state index in [1.165, 1.54) is 14.2 Å². The second-order valence-corrected chi connectivity index (χ2v) is 5.87. The molecule has 0 aliphatic carbocycles. The Morgan fingerprint density at radius 1 is 0.750 bits per heavy atom. The molecule has 0 saturated heterocycles. The van der Waals surface area contributed by atoms with Gasteiger partial charge in [0.2, 0.25) is 5.75 Å². The Hall–Kier alpha value is -2.49. The van der Waals surface area contributed by atoms with Crippen LogP contribution >= 0.6 is 0 Å². The number of carbonyl (C=O) groups excluding carboxylic acids is 1. The largest absolute Gasteiger partial charge is 0.493 e. The van der Waals surface area contributed by atoms with Gasteiger partial charge in [0.25, 0.3) is 0 Å². The highest BCUT2D eigenvalue weighted by atomic mass is 16.5. The molecular formula is C20H24O4. The molecule has 4 heteroatoms. The average molecular weight is 328 g/mol. The van der Waals surface area contributed by atoms with E-state index in [2.05, 4.69) is 0 Å². The van der Waals surface area contributed by atoms with Crippen LogP contribution in [0.5, 0.6) is 17.2 Å². The van der Waals surface area contributed by atoms with Crippen molar-refractivity contribution in [2.45, 2.75) is 27.7 Å². The quantitative estimate of drug-likeness (QED) is 0.773. The zero-order chi connectivity index (χ0) is 18.0. The third-order valence-corrected chi connectivity index (χ3v) is 4.43. The molecule has 0 fully saturated rings. The van der Waals surface area contributed by atoms with E-state index in [0.717, 1.165) is 22.3 Å². The second-order valence-electron chi connectivity index (χ2n) is 5.87. The van der Waals surface area contributed by atoms with Gasteiger partial charge in [-0.15, -0.1) is 0 Å². The lowest BCUT2D eigenvalue weighted by Gasteiger charge is -2.19. The summed E-state index contributed by atoms with van der Waals surface area (Å²) in [4.78, 5) is 13.3. The van der Waals surface area contributed by atoms with Crippen molar-refractivity contribution in [3.63, 3.8) is 0 Å². The van der Waals surface area contributed by atoms with Crippen LogP contribution in [0.1, 0.15) is 38.2 Å². The minimum Gasteiger partial charge on any atom is -0.493 e. The van der Waals surface area contributed by atoms with Crippen molar-refractivity contribution in [2.24, 2.45) is 0 Å². The van der Waals surface area contributed by atoms with Crippen molar-refractivity contribution >= 4 is 5.78 Å². The maximum Gasteiger partial charge on any atom is 0.204 e. The molecule has 0 bridgehead atoms. The number of ketones is 1. The molecule has 24 heavy (non-hydrogen) atoms. The van der Waals surface area contributed by atoms with Gasteiger partial charge in [-0.25, -0.2) is 0 Å². The first kappa shape index (κ1) is 17.9. The first-order valence-corrected chi connectivity index (χ1v) is 7.78. The third kappa shape index (κ3) is 2.84. The minimum atomic E-state index is -0.0657. The van der Waals surface area contributed by atoms with Crippen LogP contribution in [0, 0.1) is 27.7 Å². The normalized spacial score (nSPS) is 10.5. The number of carbonyl (C=O) groups is 1. The van der Waals surface area contributed by atoms with Crippen LogP contribution < -0.4 is 14.2 Å². The monoisotopic (exact) mass is 328 g/mol. The van der Waals surface area contributed by atoms with Crippen LogP contribution in [-0.4, -0.2) is 27.1 Å². The summed E-state index contributed by atoms with van der Waals surface area (Å²) in [5.41, 5.74) is 5.02. The van der Waals surface area contributed by atoms with Crippen LogP contribution in [0.3, 0.4) is 0 Å². The molecule has 0 aliphatic heterocycles. The predicted octanol–water partition coefficient (Wildman–Crippen LogP) is 4.18. The van der Waals surface area contributed by atoms with Gasteiger partial charge < -0.3 is 14.2 Å². The Balaban J connectivity index is 2.78. The summed E-state index contributed by atoms with van der Waals surface area (Å²) >= 11 is 0. The molecule has 0 N–H and O–H groups in total. The van der Waals surface area contributed by atoms with Crippen molar-refractivity contribution in [2.75, 3.05) is 21.3 Å². The topological polar surface area (TPSA) is 44.8 Å². The lowest BCUT2D eigenvalue weighted by atomic mass is 9.89. The summed E-state index contributed by atoms with van der Waals surface area (Å²) in [6, 6.07) is 5.80. The molecular weight excluding hydrogens is 304 g/mol. The van der Waals surface area contributed by atoms with E-state index in [0.29, 0.717) is 28.4 Å². The summed E-state index contributed by atoms with van der Waals surface area (Å²) < 4.78 is 16.3. The summed E-state index contributed by atoms with van der Waals surface area (Å²) in [6.07, 6.45) is 0. The zero-order valence-corrected chi connectivity index (χ0v) is 15.4. The van der Waals surface area contributed by atoms with E-state index in [4.69, 9.17) is 14.2 Å². The molecule has 0 heterocycles. The molecule has 128 valence electrons. The van der Waals surface area contributed by atoms with Crippen LogP contribution in [0.25, 0.3) is 0 Å². The highest BCUT2D eigenvalue weighted by Crippen LogP contribution is 2.43. The predicted molar refractivity (Wildman–Crippen MR) is 94.9 cm³/mol. The van der Waals surface area contributed by atoms with Crippen molar-refractivity contribution in [1.82, 2.24) is 0 Å². The van der Waals surface area contributed by atoms with Gasteiger partial charge in [0.05, 0.1) is 26.9 Å². The van der Waals surface area contributed by atoms with Crippen LogP contribution in [0.15, 0.2) is 18.2 Å². The number of methoxy groups -OCH3 is 3. The van der Waals surface area contributed by atoms with E-state index in [-0.39, 0.29) is 5.78 Å². The Kier molecular flexibility index (Phi) is 5.17. The fraction of sp³-hybridized carbons (Fsp3) is 0.350. The number of rotatable bonds is 5. The second kappa shape index (κ2) is 6.95. The van der Waals surface area contributed by atoms with E-state index < -0.39 is 0 Å². The average Bonchev–Trinajstić information content (AvgIpc) is 2.56. The first-order valence-electron chi connectivity index (χ1n) is 7.78. The number of hydrogen-bond donors (Lipinski definition) is 0. The van der Waals surface area contributed by atoms with Crippen molar-refractivity contribution in [3.05, 3.63) is 51.6 Å². The lowest BCUT2D eigenvalue weighted by Crippen LogP contribution is -2.12. The van der Waals surface area contributed by atoms with Gasteiger partial charge >= 0.3 is 0 Å². The Morgan fingerprint density at radius 3 is 1.88 bits per heavy atom. The first-order chi connectivity index (χ1) is 11.4. The molecule has 2 aromatic carbocycles. The highest BCUT2D eigenvalue weighted by molar-refractivity contribution is 6.14. The van der Waals surface area contributed by atoms with E-state index in [1.807, 2.05) is 39.8 Å². The number of hydrogen-bond acceptors (Lipinski definition) is 4. The van der Waals surface area contributed by atoms with Crippen LogP contribution in [-0.2, 0) is 0 Å². The summed E-state index contributed by atoms with van der Waals surface area (Å²) in [6.45, 7) is 7.79. The molecule has 0 radical (unpaired) electrons. The van der Waals surface area contributed by atoms with Gasteiger partial charge in [0, 0.05) is 5.56 Å². The minimum absolute atomic E-state index is 0.0657. The zero-order valence-electron chi connectivity index (χ0n) is 15.4. The molecule has 0 aliphatic rings. The van der Waals surface area contributed by atoms with E-state index in [9.17, 15) is 4.79 Å². The van der Waals surface area contributed by atoms with Gasteiger partial charge in [-0.05, 0) is 56.0 Å². The van der Waals surface area contributed by atoms with Gasteiger partial charge in [-0.1, -0.05) is 12.1 Å². The molecule has 0 unspecified atom stereocenters. The Morgan fingerprint density at radius 2 is 1.33 bits per heavy atom. The third-order valence-electron chi connectivity index (χ3n) is 4.43. The number of ether oxygens (including phenoxy) is 3. The standard InChI is InChI=1S/C20H24O4/c1-11-8-9-12(2)16(14(11)4)18(21)17-13(3)10-15(22-5)19(23-6)20(17)24-7/h8-10H,1-7H3. The SMILES string of the molecule is COc1cc(C)c(C(=O)c2c(C)ccc(C)c2C)c(OC)c1OC. The molecule has 0 atom stereocenters. The van der Waals surface area contributed by atoms with Gasteiger partial charge in [-0.2, -0.15) is 0 Å². The lowest BCUT2D eigenvalue weighted by molar-refractivity contribution is 0.103. The fourth-order valence-corrected chi connectivity index (χ4v) is 2.99. The molecule has 2 aromatic rings. The summed E-state index contributed by atoms with van der Waals surface area (Å²) in [7, 11) is 4.63. The number of aryl methyl sites for hydroxylation is 3. The Labute approximate surface area is 143 Å². The maximum atomic E-state index is 13.3. The van der Waals surface area contributed by atoms with Gasteiger partial charge in [0.1, 0.15) is 0 Å². The fourth-order valence-electron chi connectivity index (χ4n) is 2.99. The van der Waals surface area contributed by atoms with Crippen molar-refractivity contribution in [3.8, 4) is 17.2 Å². The maximum absolute atomic E-state index is 13.3. The smallest absolute Gasteiger partial charge is 0.204 e.